The topological polar surface area (TPSA) is 74.7 Å². The summed E-state index contributed by atoms with van der Waals surface area (Å²) in [6, 6.07) is 4.66. The number of benzene rings is 1. The molecule has 1 fully saturated rings. The van der Waals surface area contributed by atoms with Gasteiger partial charge in [-0.05, 0) is 30.9 Å². The minimum atomic E-state index is -3.28. The van der Waals surface area contributed by atoms with Crippen LogP contribution >= 0.6 is 11.8 Å². The number of sulfonamides is 1. The molecule has 1 saturated heterocycles. The van der Waals surface area contributed by atoms with Crippen molar-refractivity contribution in [1.29, 1.82) is 0 Å². The smallest absolute Gasteiger partial charge is 0.335 e. The average molecular weight is 287 g/mol. The molecule has 7 heteroatoms. The lowest BCUT2D eigenvalue weighted by Crippen LogP contribution is -2.25. The van der Waals surface area contributed by atoms with E-state index in [1.54, 1.807) is 12.1 Å². The molecule has 0 amide bonds. The van der Waals surface area contributed by atoms with Crippen molar-refractivity contribution in [3.05, 3.63) is 23.8 Å². The molecule has 2 rings (SSSR count). The van der Waals surface area contributed by atoms with Gasteiger partial charge in [0, 0.05) is 11.4 Å². The second-order valence-corrected chi connectivity index (χ2v) is 6.86. The molecule has 1 aromatic rings. The highest BCUT2D eigenvalue weighted by Crippen LogP contribution is 2.29. The Kier molecular flexibility index (Phi) is 3.54. The predicted octanol–water partition coefficient (Wildman–Crippen LogP) is 1.65. The molecule has 0 radical (unpaired) electrons. The van der Waals surface area contributed by atoms with Gasteiger partial charge in [0.25, 0.3) is 0 Å². The Morgan fingerprint density at radius 1 is 1.39 bits per heavy atom. The molecule has 18 heavy (non-hydrogen) atoms. The van der Waals surface area contributed by atoms with E-state index in [1.807, 2.05) is 6.26 Å². The van der Waals surface area contributed by atoms with E-state index in [1.165, 1.54) is 22.1 Å². The molecule has 1 N–H and O–H groups in total. The Morgan fingerprint density at radius 3 is 2.61 bits per heavy atom. The number of aromatic carboxylic acids is 1. The summed E-state index contributed by atoms with van der Waals surface area (Å²) in [5.41, 5.74) is 0.552. The summed E-state index contributed by atoms with van der Waals surface area (Å²) < 4.78 is 24.9. The molecule has 0 atom stereocenters. The Hall–Kier alpha value is -1.21. The summed E-state index contributed by atoms with van der Waals surface area (Å²) in [5, 5.41) is 9.02. The van der Waals surface area contributed by atoms with Crippen LogP contribution < -0.4 is 4.31 Å². The summed E-state index contributed by atoms with van der Waals surface area (Å²) in [7, 11) is -3.28. The molecule has 1 heterocycles. The van der Waals surface area contributed by atoms with Crippen molar-refractivity contribution in [2.75, 3.05) is 22.9 Å². The summed E-state index contributed by atoms with van der Waals surface area (Å²) in [6.07, 6.45) is 2.40. The maximum atomic E-state index is 11.8. The third kappa shape index (κ3) is 2.46. The van der Waals surface area contributed by atoms with Crippen molar-refractivity contribution in [3.8, 4) is 0 Å². The van der Waals surface area contributed by atoms with Gasteiger partial charge in [-0.15, -0.1) is 11.8 Å². The van der Waals surface area contributed by atoms with E-state index in [-0.39, 0.29) is 11.3 Å². The summed E-state index contributed by atoms with van der Waals surface area (Å²) in [6.45, 7) is 0.416. The fourth-order valence-corrected chi connectivity index (χ4v) is 3.93. The molecule has 0 spiro atoms. The Bertz CT molecular complexity index is 583. The van der Waals surface area contributed by atoms with Gasteiger partial charge in [0.2, 0.25) is 10.0 Å². The number of carbonyl (C=O) groups is 1. The van der Waals surface area contributed by atoms with Crippen LogP contribution in [-0.2, 0) is 10.0 Å². The van der Waals surface area contributed by atoms with Crippen LogP contribution in [-0.4, -0.2) is 38.0 Å². The zero-order valence-electron chi connectivity index (χ0n) is 9.79. The monoisotopic (exact) mass is 287 g/mol. The maximum Gasteiger partial charge on any atom is 0.335 e. The van der Waals surface area contributed by atoms with Crippen LogP contribution in [0.15, 0.2) is 23.1 Å². The van der Waals surface area contributed by atoms with Crippen LogP contribution in [0.5, 0.6) is 0 Å². The minimum Gasteiger partial charge on any atom is -0.478 e. The van der Waals surface area contributed by atoms with Crippen LogP contribution in [0.4, 0.5) is 5.69 Å². The molecule has 0 aromatic heterocycles. The second-order valence-electron chi connectivity index (χ2n) is 3.97. The highest BCUT2D eigenvalue weighted by molar-refractivity contribution is 7.98. The van der Waals surface area contributed by atoms with E-state index in [9.17, 15) is 13.2 Å². The summed E-state index contributed by atoms with van der Waals surface area (Å²) >= 11 is 1.39. The number of anilines is 1. The average Bonchev–Trinajstić information content (AvgIpc) is 2.68. The van der Waals surface area contributed by atoms with Crippen LogP contribution in [0, 0.1) is 0 Å². The van der Waals surface area contributed by atoms with Crippen molar-refractivity contribution in [2.24, 2.45) is 0 Å². The molecular weight excluding hydrogens is 274 g/mol. The van der Waals surface area contributed by atoms with E-state index >= 15 is 0 Å². The normalized spacial score (nSPS) is 17.9. The van der Waals surface area contributed by atoms with Gasteiger partial charge in [-0.1, -0.05) is 0 Å². The number of carboxylic acids is 1. The summed E-state index contributed by atoms with van der Waals surface area (Å²) in [5.74, 6) is -0.928. The van der Waals surface area contributed by atoms with Crippen LogP contribution in [0.1, 0.15) is 16.8 Å². The van der Waals surface area contributed by atoms with Gasteiger partial charge >= 0.3 is 5.97 Å². The molecule has 0 aliphatic carbocycles. The van der Waals surface area contributed by atoms with Gasteiger partial charge in [0.05, 0.1) is 17.0 Å². The Labute approximate surface area is 110 Å². The van der Waals surface area contributed by atoms with Crippen molar-refractivity contribution >= 4 is 33.4 Å². The molecular formula is C11H13NO4S2. The molecule has 0 unspecified atom stereocenters. The molecule has 1 aliphatic rings. The van der Waals surface area contributed by atoms with Gasteiger partial charge < -0.3 is 5.11 Å². The fourth-order valence-electron chi connectivity index (χ4n) is 1.90. The standard InChI is InChI=1S/C11H13NO4S2/c1-17-10-6-8(11(13)14)5-9(7-10)12-3-2-4-18(12,15)16/h5-7H,2-4H2,1H3,(H,13,14). The number of thioether (sulfide) groups is 1. The zero-order chi connectivity index (χ0) is 13.3. The van der Waals surface area contributed by atoms with Crippen molar-refractivity contribution in [2.45, 2.75) is 11.3 Å². The van der Waals surface area contributed by atoms with Gasteiger partial charge in [0.1, 0.15) is 0 Å². The second kappa shape index (κ2) is 4.81. The first-order chi connectivity index (χ1) is 8.44. The fraction of sp³-hybridized carbons (Fsp3) is 0.364. The van der Waals surface area contributed by atoms with Crippen LogP contribution in [0.3, 0.4) is 0 Å². The quantitative estimate of drug-likeness (QED) is 0.856. The van der Waals surface area contributed by atoms with Crippen LogP contribution in [0.2, 0.25) is 0 Å². The van der Waals surface area contributed by atoms with Gasteiger partial charge in [0.15, 0.2) is 0 Å². The molecule has 98 valence electrons. The molecule has 5 nitrogen and oxygen atoms in total. The third-order valence-electron chi connectivity index (χ3n) is 2.76. The van der Waals surface area contributed by atoms with Crippen molar-refractivity contribution in [3.63, 3.8) is 0 Å². The molecule has 1 aliphatic heterocycles. The maximum absolute atomic E-state index is 11.8. The highest BCUT2D eigenvalue weighted by Gasteiger charge is 2.29. The largest absolute Gasteiger partial charge is 0.478 e. The first-order valence-electron chi connectivity index (χ1n) is 5.37. The number of hydrogen-bond donors (Lipinski definition) is 1. The van der Waals surface area contributed by atoms with Crippen molar-refractivity contribution < 1.29 is 18.3 Å². The van der Waals surface area contributed by atoms with E-state index in [0.29, 0.717) is 18.7 Å². The van der Waals surface area contributed by atoms with E-state index < -0.39 is 16.0 Å². The van der Waals surface area contributed by atoms with Crippen molar-refractivity contribution in [1.82, 2.24) is 0 Å². The Morgan fingerprint density at radius 2 is 2.11 bits per heavy atom. The van der Waals surface area contributed by atoms with Gasteiger partial charge in [-0.2, -0.15) is 0 Å². The van der Waals surface area contributed by atoms with E-state index in [4.69, 9.17) is 5.11 Å². The molecule has 0 bridgehead atoms. The van der Waals surface area contributed by atoms with E-state index in [0.717, 1.165) is 4.90 Å². The Balaban J connectivity index is 2.50. The SMILES string of the molecule is CSc1cc(C(=O)O)cc(N2CCCS2(=O)=O)c1. The lowest BCUT2D eigenvalue weighted by atomic mass is 10.2. The highest BCUT2D eigenvalue weighted by atomic mass is 32.2. The molecule has 1 aromatic carbocycles. The predicted molar refractivity (Wildman–Crippen MR) is 70.9 cm³/mol. The first-order valence-corrected chi connectivity index (χ1v) is 8.20. The number of rotatable bonds is 3. The summed E-state index contributed by atoms with van der Waals surface area (Å²) in [4.78, 5) is 11.8. The number of nitrogens with zero attached hydrogens (tertiary/aromatic N) is 1. The minimum absolute atomic E-state index is 0.110. The number of carboxylic acid groups (broad SMARTS) is 1. The first kappa shape index (κ1) is 13.2. The lowest BCUT2D eigenvalue weighted by Gasteiger charge is -2.18. The molecule has 0 saturated carbocycles. The lowest BCUT2D eigenvalue weighted by molar-refractivity contribution is 0.0696. The third-order valence-corrected chi connectivity index (χ3v) is 5.34. The number of hydrogen-bond acceptors (Lipinski definition) is 4. The van der Waals surface area contributed by atoms with Crippen LogP contribution in [0.25, 0.3) is 0 Å². The van der Waals surface area contributed by atoms with Gasteiger partial charge in [-0.3, -0.25) is 4.31 Å². The van der Waals surface area contributed by atoms with E-state index in [2.05, 4.69) is 0 Å². The van der Waals surface area contributed by atoms with Gasteiger partial charge in [-0.25, -0.2) is 13.2 Å². The zero-order valence-corrected chi connectivity index (χ0v) is 11.4.